The number of anilines is 1. The van der Waals surface area contributed by atoms with Crippen LogP contribution in [0.5, 0.6) is 11.5 Å². The molecule has 136 valence electrons. The zero-order valence-corrected chi connectivity index (χ0v) is 15.2. The third-order valence-electron chi connectivity index (χ3n) is 3.82. The van der Waals surface area contributed by atoms with Gasteiger partial charge in [0.15, 0.2) is 17.3 Å². The van der Waals surface area contributed by atoms with Crippen molar-refractivity contribution in [2.75, 3.05) is 18.9 Å². The number of pyridine rings is 1. The molecule has 1 aromatic heterocycles. The smallest absolute Gasteiger partial charge is 0.264 e. The molecule has 26 heavy (non-hydrogen) atoms. The maximum Gasteiger partial charge on any atom is 0.264 e. The molecule has 3 aromatic rings. The van der Waals surface area contributed by atoms with Crippen LogP contribution >= 0.6 is 0 Å². The Labute approximate surface area is 150 Å². The number of ether oxygens (including phenoxy) is 2. The molecule has 0 bridgehead atoms. The minimum Gasteiger partial charge on any atom is -0.493 e. The number of hydrogen-bond acceptors (Lipinski definition) is 5. The molecule has 0 saturated heterocycles. The number of nitrogens with zero attached hydrogens (tertiary/aromatic N) is 1. The number of methoxy groups -OCH3 is 2. The average Bonchev–Trinajstić information content (AvgIpc) is 2.62. The largest absolute Gasteiger partial charge is 0.493 e. The zero-order chi connectivity index (χ0) is 18.9. The molecule has 0 saturated carbocycles. The van der Waals surface area contributed by atoms with Crippen molar-refractivity contribution in [1.29, 1.82) is 0 Å². The van der Waals surface area contributed by atoms with Gasteiger partial charge >= 0.3 is 0 Å². The van der Waals surface area contributed by atoms with Crippen molar-refractivity contribution in [2.45, 2.75) is 11.8 Å². The first-order valence-corrected chi connectivity index (χ1v) is 9.14. The molecule has 3 rings (SSSR count). The Kier molecular flexibility index (Phi) is 4.69. The molecule has 1 N–H and O–H groups in total. The van der Waals surface area contributed by atoms with Crippen LogP contribution in [0.15, 0.2) is 47.5 Å². The van der Waals surface area contributed by atoms with E-state index in [-0.39, 0.29) is 22.1 Å². The predicted octanol–water partition coefficient (Wildman–Crippen LogP) is 3.50. The van der Waals surface area contributed by atoms with Crippen molar-refractivity contribution in [3.63, 3.8) is 0 Å². The maximum absolute atomic E-state index is 14.3. The van der Waals surface area contributed by atoms with E-state index >= 15 is 0 Å². The van der Waals surface area contributed by atoms with E-state index in [2.05, 4.69) is 9.71 Å². The lowest BCUT2D eigenvalue weighted by molar-refractivity contribution is 0.353. The van der Waals surface area contributed by atoms with E-state index in [1.165, 1.54) is 26.4 Å². The van der Waals surface area contributed by atoms with Gasteiger partial charge in [0.2, 0.25) is 0 Å². The van der Waals surface area contributed by atoms with Gasteiger partial charge < -0.3 is 9.47 Å². The lowest BCUT2D eigenvalue weighted by atomic mass is 10.2. The Morgan fingerprint density at radius 3 is 2.46 bits per heavy atom. The highest BCUT2D eigenvalue weighted by Gasteiger charge is 2.21. The molecule has 0 aliphatic rings. The van der Waals surface area contributed by atoms with E-state index in [9.17, 15) is 12.8 Å². The average molecular weight is 376 g/mol. The molecule has 1 heterocycles. The second-order valence-electron chi connectivity index (χ2n) is 5.63. The van der Waals surface area contributed by atoms with Gasteiger partial charge in [0, 0.05) is 23.7 Å². The van der Waals surface area contributed by atoms with Crippen LogP contribution in [0.4, 0.5) is 10.1 Å². The summed E-state index contributed by atoms with van der Waals surface area (Å²) in [6, 6.07) is 8.92. The van der Waals surface area contributed by atoms with Gasteiger partial charge in [0.1, 0.15) is 4.90 Å². The predicted molar refractivity (Wildman–Crippen MR) is 96.8 cm³/mol. The standard InChI is InChI=1S/C18H17FN2O4S/c1-11-7-12-5-4-6-17(18(12)20-10-11)26(22,23)21-14-9-16(25-3)15(24-2)8-13(14)19/h4-10,21H,1-3H3. The highest BCUT2D eigenvalue weighted by atomic mass is 32.2. The first-order valence-electron chi connectivity index (χ1n) is 7.65. The molecule has 6 nitrogen and oxygen atoms in total. The molecule has 0 spiro atoms. The van der Waals surface area contributed by atoms with Crippen molar-refractivity contribution in [1.82, 2.24) is 4.98 Å². The second kappa shape index (κ2) is 6.80. The number of rotatable bonds is 5. The fraction of sp³-hybridized carbons (Fsp3) is 0.167. The highest BCUT2D eigenvalue weighted by molar-refractivity contribution is 7.93. The summed E-state index contributed by atoms with van der Waals surface area (Å²) < 4.78 is 52.3. The van der Waals surface area contributed by atoms with E-state index in [0.29, 0.717) is 10.9 Å². The number of halogens is 1. The number of hydrogen-bond donors (Lipinski definition) is 1. The summed E-state index contributed by atoms with van der Waals surface area (Å²) in [6.07, 6.45) is 1.58. The van der Waals surface area contributed by atoms with Crippen LogP contribution in [-0.4, -0.2) is 27.6 Å². The molecule has 0 aliphatic heterocycles. The Morgan fingerprint density at radius 2 is 1.77 bits per heavy atom. The van der Waals surface area contributed by atoms with Gasteiger partial charge in [0.05, 0.1) is 25.4 Å². The maximum atomic E-state index is 14.3. The number of aromatic nitrogens is 1. The van der Waals surface area contributed by atoms with Crippen LogP contribution in [-0.2, 0) is 10.0 Å². The van der Waals surface area contributed by atoms with Gasteiger partial charge in [-0.3, -0.25) is 9.71 Å². The van der Waals surface area contributed by atoms with Gasteiger partial charge in [0.25, 0.3) is 10.0 Å². The summed E-state index contributed by atoms with van der Waals surface area (Å²) in [5.41, 5.74) is 0.976. The Morgan fingerprint density at radius 1 is 1.08 bits per heavy atom. The van der Waals surface area contributed by atoms with E-state index in [4.69, 9.17) is 9.47 Å². The summed E-state index contributed by atoms with van der Waals surface area (Å²) in [6.45, 7) is 1.87. The minimum absolute atomic E-state index is 0.0378. The molecular formula is C18H17FN2O4S. The van der Waals surface area contributed by atoms with Gasteiger partial charge in [-0.05, 0) is 24.6 Å². The highest BCUT2D eigenvalue weighted by Crippen LogP contribution is 2.34. The SMILES string of the molecule is COc1cc(F)c(NS(=O)(=O)c2cccc3cc(C)cnc23)cc1OC. The lowest BCUT2D eigenvalue weighted by Crippen LogP contribution is -2.15. The number of aryl methyl sites for hydroxylation is 1. The molecular weight excluding hydrogens is 359 g/mol. The number of benzene rings is 2. The summed E-state index contributed by atoms with van der Waals surface area (Å²) in [7, 11) is -1.32. The van der Waals surface area contributed by atoms with E-state index in [0.717, 1.165) is 11.6 Å². The van der Waals surface area contributed by atoms with Gasteiger partial charge in [-0.1, -0.05) is 12.1 Å². The van der Waals surface area contributed by atoms with Crippen LogP contribution in [0, 0.1) is 12.7 Å². The number of nitrogens with one attached hydrogen (secondary N) is 1. The molecule has 0 atom stereocenters. The first-order chi connectivity index (χ1) is 12.4. The van der Waals surface area contributed by atoms with Gasteiger partial charge in [-0.25, -0.2) is 12.8 Å². The van der Waals surface area contributed by atoms with Crippen LogP contribution in [0.3, 0.4) is 0 Å². The Balaban J connectivity index is 2.08. The molecule has 0 radical (unpaired) electrons. The fourth-order valence-corrected chi connectivity index (χ4v) is 3.83. The zero-order valence-electron chi connectivity index (χ0n) is 14.4. The quantitative estimate of drug-likeness (QED) is 0.737. The van der Waals surface area contributed by atoms with E-state index < -0.39 is 15.8 Å². The molecule has 0 amide bonds. The van der Waals surface area contributed by atoms with Crippen LogP contribution in [0.2, 0.25) is 0 Å². The second-order valence-corrected chi connectivity index (χ2v) is 7.28. The monoisotopic (exact) mass is 376 g/mol. The van der Waals surface area contributed by atoms with Crippen molar-refractivity contribution in [3.8, 4) is 11.5 Å². The van der Waals surface area contributed by atoms with Gasteiger partial charge in [-0.15, -0.1) is 0 Å². The van der Waals surface area contributed by atoms with Crippen molar-refractivity contribution >= 4 is 26.6 Å². The fourth-order valence-electron chi connectivity index (χ4n) is 2.59. The lowest BCUT2D eigenvalue weighted by Gasteiger charge is -2.14. The Bertz CT molecular complexity index is 1080. The molecule has 0 fully saturated rings. The summed E-state index contributed by atoms with van der Waals surface area (Å²) in [4.78, 5) is 4.18. The summed E-state index contributed by atoms with van der Waals surface area (Å²) >= 11 is 0. The third-order valence-corrected chi connectivity index (χ3v) is 5.21. The van der Waals surface area contributed by atoms with Crippen LogP contribution in [0.25, 0.3) is 10.9 Å². The molecule has 2 aromatic carbocycles. The number of fused-ring (bicyclic) bond motifs is 1. The first kappa shape index (κ1) is 17.9. The number of sulfonamides is 1. The number of para-hydroxylation sites is 1. The van der Waals surface area contributed by atoms with E-state index in [1.54, 1.807) is 18.3 Å². The van der Waals surface area contributed by atoms with Crippen LogP contribution < -0.4 is 14.2 Å². The van der Waals surface area contributed by atoms with E-state index in [1.807, 2.05) is 13.0 Å². The Hall–Kier alpha value is -2.87. The normalized spacial score (nSPS) is 11.4. The van der Waals surface area contributed by atoms with Crippen molar-refractivity contribution in [2.24, 2.45) is 0 Å². The molecule has 8 heteroatoms. The molecule has 0 aliphatic carbocycles. The topological polar surface area (TPSA) is 77.5 Å². The van der Waals surface area contributed by atoms with Crippen molar-refractivity contribution < 1.29 is 22.3 Å². The third kappa shape index (κ3) is 3.28. The summed E-state index contributed by atoms with van der Waals surface area (Å²) in [5, 5.41) is 0.681. The minimum atomic E-state index is -4.07. The van der Waals surface area contributed by atoms with Crippen molar-refractivity contribution in [3.05, 3.63) is 54.0 Å². The van der Waals surface area contributed by atoms with Gasteiger partial charge in [-0.2, -0.15) is 0 Å². The molecule has 0 unspecified atom stereocenters. The van der Waals surface area contributed by atoms with Crippen LogP contribution in [0.1, 0.15) is 5.56 Å². The summed E-state index contributed by atoms with van der Waals surface area (Å²) in [5.74, 6) is -0.413.